The minimum atomic E-state index is -3.44. The van der Waals surface area contributed by atoms with Crippen LogP contribution in [-0.4, -0.2) is 45.7 Å². The van der Waals surface area contributed by atoms with Crippen LogP contribution in [0.15, 0.2) is 57.9 Å². The van der Waals surface area contributed by atoms with Crippen molar-refractivity contribution in [3.05, 3.63) is 64.3 Å². The SMILES string of the molecule is CS(=O)(=O)c1cccc(-c2nc(-c3c(Cl)c(C(=O)O)nn3-c3ccccc3Cl)no2)c1. The number of sulfone groups is 1. The number of rotatable bonds is 5. The smallest absolute Gasteiger partial charge is 0.358 e. The zero-order chi connectivity index (χ0) is 22.3. The highest BCUT2D eigenvalue weighted by molar-refractivity contribution is 7.90. The van der Waals surface area contributed by atoms with Crippen LogP contribution < -0.4 is 0 Å². The number of hydrogen-bond acceptors (Lipinski definition) is 7. The Morgan fingerprint density at radius 2 is 1.87 bits per heavy atom. The van der Waals surface area contributed by atoms with Crippen molar-refractivity contribution in [2.45, 2.75) is 4.90 Å². The molecule has 0 aliphatic heterocycles. The minimum absolute atomic E-state index is 0.0142. The van der Waals surface area contributed by atoms with E-state index >= 15 is 0 Å². The number of carbonyl (C=O) groups is 1. The maximum absolute atomic E-state index is 11.8. The summed E-state index contributed by atoms with van der Waals surface area (Å²) in [5, 5.41) is 17.5. The molecule has 0 aliphatic rings. The topological polar surface area (TPSA) is 128 Å². The Labute approximate surface area is 185 Å². The second kappa shape index (κ2) is 7.80. The van der Waals surface area contributed by atoms with Crippen molar-refractivity contribution in [1.82, 2.24) is 19.9 Å². The van der Waals surface area contributed by atoms with Crippen LogP contribution in [0.5, 0.6) is 0 Å². The molecule has 0 saturated heterocycles. The van der Waals surface area contributed by atoms with Gasteiger partial charge in [0, 0.05) is 11.8 Å². The van der Waals surface area contributed by atoms with E-state index in [4.69, 9.17) is 27.7 Å². The van der Waals surface area contributed by atoms with Crippen molar-refractivity contribution in [3.63, 3.8) is 0 Å². The van der Waals surface area contributed by atoms with E-state index in [0.717, 1.165) is 6.26 Å². The van der Waals surface area contributed by atoms with Gasteiger partial charge >= 0.3 is 5.97 Å². The summed E-state index contributed by atoms with van der Waals surface area (Å²) in [6.07, 6.45) is 1.08. The number of halogens is 2. The van der Waals surface area contributed by atoms with Crippen molar-refractivity contribution < 1.29 is 22.8 Å². The molecule has 158 valence electrons. The number of aromatic carboxylic acids is 1. The molecular formula is C19H12Cl2N4O5S. The highest BCUT2D eigenvalue weighted by Crippen LogP contribution is 2.34. The van der Waals surface area contributed by atoms with Gasteiger partial charge in [-0.25, -0.2) is 17.9 Å². The molecule has 4 aromatic rings. The number of hydrogen-bond donors (Lipinski definition) is 1. The molecule has 2 heterocycles. The fourth-order valence-corrected chi connectivity index (χ4v) is 3.99. The maximum Gasteiger partial charge on any atom is 0.358 e. The van der Waals surface area contributed by atoms with E-state index in [0.29, 0.717) is 16.3 Å². The highest BCUT2D eigenvalue weighted by Gasteiger charge is 2.27. The summed E-state index contributed by atoms with van der Waals surface area (Å²) in [4.78, 5) is 15.9. The first-order valence-electron chi connectivity index (χ1n) is 8.58. The van der Waals surface area contributed by atoms with Gasteiger partial charge in [-0.1, -0.05) is 46.6 Å². The number of aromatic nitrogens is 4. The average Bonchev–Trinajstić information content (AvgIpc) is 3.32. The normalized spacial score (nSPS) is 11.6. The first-order valence-corrected chi connectivity index (χ1v) is 11.2. The van der Waals surface area contributed by atoms with Crippen LogP contribution in [0.2, 0.25) is 10.0 Å². The lowest BCUT2D eigenvalue weighted by atomic mass is 10.2. The summed E-state index contributed by atoms with van der Waals surface area (Å²) in [6.45, 7) is 0. The van der Waals surface area contributed by atoms with Crippen LogP contribution >= 0.6 is 23.2 Å². The number of carboxylic acids is 1. The van der Waals surface area contributed by atoms with Crippen LogP contribution in [0.4, 0.5) is 0 Å². The van der Waals surface area contributed by atoms with Gasteiger partial charge in [0.1, 0.15) is 10.7 Å². The predicted molar refractivity (Wildman–Crippen MR) is 112 cm³/mol. The van der Waals surface area contributed by atoms with E-state index in [1.165, 1.54) is 16.8 Å². The molecule has 0 spiro atoms. The molecule has 1 N–H and O–H groups in total. The van der Waals surface area contributed by atoms with Crippen molar-refractivity contribution >= 4 is 39.0 Å². The maximum atomic E-state index is 11.8. The fraction of sp³-hybridized carbons (Fsp3) is 0.0526. The molecule has 0 fully saturated rings. The number of carboxylic acid groups (broad SMARTS) is 1. The molecule has 0 atom stereocenters. The molecule has 2 aromatic heterocycles. The van der Waals surface area contributed by atoms with Crippen LogP contribution in [0.25, 0.3) is 28.7 Å². The van der Waals surface area contributed by atoms with Gasteiger partial charge in [0.15, 0.2) is 15.5 Å². The number of benzene rings is 2. The molecule has 0 saturated carbocycles. The van der Waals surface area contributed by atoms with Gasteiger partial charge in [-0.15, -0.1) is 0 Å². The molecule has 4 rings (SSSR count). The van der Waals surface area contributed by atoms with E-state index in [1.807, 2.05) is 0 Å². The predicted octanol–water partition coefficient (Wildman–Crippen LogP) is 4.00. The second-order valence-corrected chi connectivity index (χ2v) is 9.20. The number of nitrogens with zero attached hydrogens (tertiary/aromatic N) is 4. The fourth-order valence-electron chi connectivity index (χ4n) is 2.82. The summed E-state index contributed by atoms with van der Waals surface area (Å²) >= 11 is 12.5. The third-order valence-electron chi connectivity index (χ3n) is 4.26. The van der Waals surface area contributed by atoms with E-state index in [2.05, 4.69) is 15.2 Å². The monoisotopic (exact) mass is 478 g/mol. The van der Waals surface area contributed by atoms with Gasteiger partial charge < -0.3 is 9.63 Å². The third-order valence-corrected chi connectivity index (χ3v) is 6.05. The Bertz CT molecular complexity index is 1430. The van der Waals surface area contributed by atoms with E-state index in [-0.39, 0.29) is 27.3 Å². The summed E-state index contributed by atoms with van der Waals surface area (Å²) < 4.78 is 30.1. The standard InChI is InChI=1S/C19H12Cl2N4O5S/c1-31(28,29)11-6-4-5-10(9-11)18-22-17(24-30-18)16-14(21)15(19(26)27)23-25(16)13-8-3-2-7-12(13)20/h2-9H,1H3,(H,26,27). The minimum Gasteiger partial charge on any atom is -0.476 e. The summed E-state index contributed by atoms with van der Waals surface area (Å²) in [6, 6.07) is 12.6. The lowest BCUT2D eigenvalue weighted by molar-refractivity contribution is 0.0690. The first-order chi connectivity index (χ1) is 14.7. The van der Waals surface area contributed by atoms with Crippen LogP contribution in [0.1, 0.15) is 10.5 Å². The Morgan fingerprint density at radius 3 is 2.55 bits per heavy atom. The van der Waals surface area contributed by atoms with Gasteiger partial charge in [0.05, 0.1) is 15.6 Å². The molecule has 31 heavy (non-hydrogen) atoms. The van der Waals surface area contributed by atoms with E-state index in [9.17, 15) is 18.3 Å². The molecule has 12 heteroatoms. The van der Waals surface area contributed by atoms with Gasteiger partial charge in [0.25, 0.3) is 5.89 Å². The Hall–Kier alpha value is -3.21. The van der Waals surface area contributed by atoms with Crippen LogP contribution in [0, 0.1) is 0 Å². The van der Waals surface area contributed by atoms with E-state index in [1.54, 1.807) is 36.4 Å². The van der Waals surface area contributed by atoms with Gasteiger partial charge in [-0.3, -0.25) is 0 Å². The zero-order valence-corrected chi connectivity index (χ0v) is 18.0. The summed E-state index contributed by atoms with van der Waals surface area (Å²) in [7, 11) is -3.44. The van der Waals surface area contributed by atoms with Crippen LogP contribution in [-0.2, 0) is 9.84 Å². The summed E-state index contributed by atoms with van der Waals surface area (Å²) in [5.74, 6) is -1.38. The largest absolute Gasteiger partial charge is 0.476 e. The quantitative estimate of drug-likeness (QED) is 0.455. The molecule has 0 radical (unpaired) electrons. The Kier molecular flexibility index (Phi) is 5.29. The second-order valence-electron chi connectivity index (χ2n) is 6.40. The Balaban J connectivity index is 1.88. The third kappa shape index (κ3) is 3.92. The molecule has 0 bridgehead atoms. The molecule has 0 unspecified atom stereocenters. The van der Waals surface area contributed by atoms with Crippen molar-refractivity contribution in [1.29, 1.82) is 0 Å². The molecular weight excluding hydrogens is 467 g/mol. The highest BCUT2D eigenvalue weighted by atomic mass is 35.5. The van der Waals surface area contributed by atoms with Crippen LogP contribution in [0.3, 0.4) is 0 Å². The van der Waals surface area contributed by atoms with Gasteiger partial charge in [0.2, 0.25) is 5.82 Å². The molecule has 9 nitrogen and oxygen atoms in total. The number of para-hydroxylation sites is 1. The average molecular weight is 479 g/mol. The zero-order valence-electron chi connectivity index (χ0n) is 15.7. The molecule has 2 aromatic carbocycles. The van der Waals surface area contributed by atoms with Gasteiger partial charge in [-0.2, -0.15) is 10.1 Å². The van der Waals surface area contributed by atoms with E-state index < -0.39 is 21.5 Å². The lowest BCUT2D eigenvalue weighted by Gasteiger charge is -2.06. The van der Waals surface area contributed by atoms with Crippen molar-refractivity contribution in [2.75, 3.05) is 6.26 Å². The molecule has 0 amide bonds. The lowest BCUT2D eigenvalue weighted by Crippen LogP contribution is -2.03. The first kappa shape index (κ1) is 21.0. The summed E-state index contributed by atoms with van der Waals surface area (Å²) in [5.41, 5.74) is 0.363. The Morgan fingerprint density at radius 1 is 1.13 bits per heavy atom. The van der Waals surface area contributed by atoms with Crippen molar-refractivity contribution in [2.24, 2.45) is 0 Å². The van der Waals surface area contributed by atoms with Crippen molar-refractivity contribution in [3.8, 4) is 28.7 Å². The van der Waals surface area contributed by atoms with Gasteiger partial charge in [-0.05, 0) is 30.3 Å². The molecule has 0 aliphatic carbocycles.